The minimum Gasteiger partial charge on any atom is -0.491 e. The first-order valence-electron chi connectivity index (χ1n) is 7.62. The molecule has 0 fully saturated rings. The van der Waals surface area contributed by atoms with E-state index in [9.17, 15) is 4.79 Å². The molecule has 0 aliphatic rings. The highest BCUT2D eigenvalue weighted by atomic mass is 35.5. The maximum atomic E-state index is 12.1. The summed E-state index contributed by atoms with van der Waals surface area (Å²) >= 11 is 6.07. The molecule has 0 spiro atoms. The lowest BCUT2D eigenvalue weighted by Crippen LogP contribution is -2.22. The molecule has 0 unspecified atom stereocenters. The van der Waals surface area contributed by atoms with Gasteiger partial charge in [0.25, 0.3) is 0 Å². The van der Waals surface area contributed by atoms with Crippen LogP contribution in [0.4, 0.5) is 11.4 Å². The monoisotopic (exact) mass is 332 g/mol. The lowest BCUT2D eigenvalue weighted by molar-refractivity contribution is -0.114. The summed E-state index contributed by atoms with van der Waals surface area (Å²) < 4.78 is 5.63. The standard InChI is InChI=1S/C18H21ClN2O2/c1-3-10-23-17-7-5-4-6-16(17)21-18(22)12-20-14-9-8-13(2)15(19)11-14/h4-9,11,20H,3,10,12H2,1-2H3,(H,21,22). The molecule has 4 nitrogen and oxygen atoms in total. The van der Waals surface area contributed by atoms with Gasteiger partial charge in [0.15, 0.2) is 0 Å². The maximum absolute atomic E-state index is 12.1. The highest BCUT2D eigenvalue weighted by molar-refractivity contribution is 6.31. The summed E-state index contributed by atoms with van der Waals surface area (Å²) in [6.07, 6.45) is 0.915. The van der Waals surface area contributed by atoms with E-state index < -0.39 is 0 Å². The van der Waals surface area contributed by atoms with Crippen molar-refractivity contribution in [2.24, 2.45) is 0 Å². The van der Waals surface area contributed by atoms with E-state index in [0.717, 1.165) is 17.7 Å². The molecule has 0 saturated heterocycles. The Hall–Kier alpha value is -2.20. The van der Waals surface area contributed by atoms with Crippen LogP contribution in [-0.4, -0.2) is 19.1 Å². The van der Waals surface area contributed by atoms with Crippen LogP contribution in [0.15, 0.2) is 42.5 Å². The van der Waals surface area contributed by atoms with Crippen molar-refractivity contribution in [3.63, 3.8) is 0 Å². The summed E-state index contributed by atoms with van der Waals surface area (Å²) in [6, 6.07) is 13.0. The fourth-order valence-electron chi connectivity index (χ4n) is 1.99. The van der Waals surface area contributed by atoms with E-state index in [2.05, 4.69) is 10.6 Å². The molecule has 0 heterocycles. The molecular formula is C18H21ClN2O2. The zero-order chi connectivity index (χ0) is 16.7. The molecule has 0 saturated carbocycles. The molecular weight excluding hydrogens is 312 g/mol. The Morgan fingerprint density at radius 2 is 2.00 bits per heavy atom. The molecule has 2 aromatic rings. The molecule has 1 amide bonds. The molecule has 0 radical (unpaired) electrons. The van der Waals surface area contributed by atoms with Gasteiger partial charge in [-0.2, -0.15) is 0 Å². The first-order valence-corrected chi connectivity index (χ1v) is 7.99. The first kappa shape index (κ1) is 17.2. The van der Waals surface area contributed by atoms with Gasteiger partial charge in [0.2, 0.25) is 5.91 Å². The number of halogens is 1. The minimum atomic E-state index is -0.144. The van der Waals surface area contributed by atoms with E-state index in [4.69, 9.17) is 16.3 Å². The Bertz CT molecular complexity index is 674. The van der Waals surface area contributed by atoms with Crippen molar-refractivity contribution in [1.82, 2.24) is 0 Å². The van der Waals surface area contributed by atoms with E-state index in [-0.39, 0.29) is 12.5 Å². The fourth-order valence-corrected chi connectivity index (χ4v) is 2.17. The summed E-state index contributed by atoms with van der Waals surface area (Å²) in [7, 11) is 0. The molecule has 2 N–H and O–H groups in total. The van der Waals surface area contributed by atoms with Crippen LogP contribution < -0.4 is 15.4 Å². The van der Waals surface area contributed by atoms with Crippen molar-refractivity contribution < 1.29 is 9.53 Å². The first-order chi connectivity index (χ1) is 11.1. The zero-order valence-corrected chi connectivity index (χ0v) is 14.1. The number of benzene rings is 2. The van der Waals surface area contributed by atoms with Crippen molar-refractivity contribution in [3.05, 3.63) is 53.1 Å². The lowest BCUT2D eigenvalue weighted by atomic mass is 10.2. The third-order valence-electron chi connectivity index (χ3n) is 3.25. The van der Waals surface area contributed by atoms with Crippen LogP contribution in [0.5, 0.6) is 5.75 Å². The Balaban J connectivity index is 1.93. The summed E-state index contributed by atoms with van der Waals surface area (Å²) in [4.78, 5) is 12.1. The number of hydrogen-bond donors (Lipinski definition) is 2. The normalized spacial score (nSPS) is 10.2. The van der Waals surface area contributed by atoms with Crippen LogP contribution in [0.25, 0.3) is 0 Å². The van der Waals surface area contributed by atoms with Gasteiger partial charge < -0.3 is 15.4 Å². The Labute approximate surface area is 141 Å². The number of nitrogens with one attached hydrogen (secondary N) is 2. The second-order valence-electron chi connectivity index (χ2n) is 5.21. The van der Waals surface area contributed by atoms with Gasteiger partial charge in [-0.25, -0.2) is 0 Å². The number of para-hydroxylation sites is 2. The van der Waals surface area contributed by atoms with Crippen molar-refractivity contribution in [2.45, 2.75) is 20.3 Å². The van der Waals surface area contributed by atoms with Crippen LogP contribution in [0, 0.1) is 6.92 Å². The average molecular weight is 333 g/mol. The SMILES string of the molecule is CCCOc1ccccc1NC(=O)CNc1ccc(C)c(Cl)c1. The molecule has 0 aromatic heterocycles. The van der Waals surface area contributed by atoms with Crippen molar-refractivity contribution in [3.8, 4) is 5.75 Å². The number of carbonyl (C=O) groups excluding carboxylic acids is 1. The number of hydrogen-bond acceptors (Lipinski definition) is 3. The Morgan fingerprint density at radius 1 is 1.22 bits per heavy atom. The Kier molecular flexibility index (Phi) is 6.29. The molecule has 0 aliphatic heterocycles. The van der Waals surface area contributed by atoms with Crippen LogP contribution in [-0.2, 0) is 4.79 Å². The van der Waals surface area contributed by atoms with E-state index in [1.807, 2.05) is 56.3 Å². The quantitative estimate of drug-likeness (QED) is 0.785. The average Bonchev–Trinajstić information content (AvgIpc) is 2.55. The second kappa shape index (κ2) is 8.44. The van der Waals surface area contributed by atoms with Gasteiger partial charge in [-0.3, -0.25) is 4.79 Å². The van der Waals surface area contributed by atoms with E-state index in [1.165, 1.54) is 0 Å². The molecule has 0 aliphatic carbocycles. The summed E-state index contributed by atoms with van der Waals surface area (Å²) in [5.74, 6) is 0.537. The van der Waals surface area contributed by atoms with Gasteiger partial charge in [0.05, 0.1) is 18.8 Å². The molecule has 2 rings (SSSR count). The molecule has 5 heteroatoms. The van der Waals surface area contributed by atoms with Crippen LogP contribution in [0.1, 0.15) is 18.9 Å². The van der Waals surface area contributed by atoms with Crippen molar-refractivity contribution >= 4 is 28.9 Å². The van der Waals surface area contributed by atoms with E-state index >= 15 is 0 Å². The topological polar surface area (TPSA) is 50.4 Å². The maximum Gasteiger partial charge on any atom is 0.243 e. The highest BCUT2D eigenvalue weighted by Crippen LogP contribution is 2.24. The lowest BCUT2D eigenvalue weighted by Gasteiger charge is -2.13. The highest BCUT2D eigenvalue weighted by Gasteiger charge is 2.07. The van der Waals surface area contributed by atoms with E-state index in [0.29, 0.717) is 23.1 Å². The molecule has 2 aromatic carbocycles. The number of aryl methyl sites for hydroxylation is 1. The minimum absolute atomic E-state index is 0.144. The predicted molar refractivity (Wildman–Crippen MR) is 95.5 cm³/mol. The van der Waals surface area contributed by atoms with Gasteiger partial charge in [0, 0.05) is 10.7 Å². The number of anilines is 2. The van der Waals surface area contributed by atoms with Crippen molar-refractivity contribution in [2.75, 3.05) is 23.8 Å². The number of carbonyl (C=O) groups is 1. The predicted octanol–water partition coefficient (Wildman–Crippen LogP) is 4.49. The van der Waals surface area contributed by atoms with Gasteiger partial charge in [-0.15, -0.1) is 0 Å². The van der Waals surface area contributed by atoms with Crippen molar-refractivity contribution in [1.29, 1.82) is 0 Å². The molecule has 0 bridgehead atoms. The zero-order valence-electron chi connectivity index (χ0n) is 13.4. The molecule has 0 atom stereocenters. The molecule has 122 valence electrons. The molecule has 23 heavy (non-hydrogen) atoms. The fraction of sp³-hybridized carbons (Fsp3) is 0.278. The van der Waals surface area contributed by atoms with Gasteiger partial charge >= 0.3 is 0 Å². The Morgan fingerprint density at radius 3 is 2.74 bits per heavy atom. The van der Waals surface area contributed by atoms with Gasteiger partial charge in [-0.1, -0.05) is 36.7 Å². The smallest absolute Gasteiger partial charge is 0.243 e. The van der Waals surface area contributed by atoms with Gasteiger partial charge in [0.1, 0.15) is 5.75 Å². The third kappa shape index (κ3) is 5.18. The largest absolute Gasteiger partial charge is 0.491 e. The number of amides is 1. The summed E-state index contributed by atoms with van der Waals surface area (Å²) in [6.45, 7) is 4.75. The second-order valence-corrected chi connectivity index (χ2v) is 5.62. The number of rotatable bonds is 7. The summed E-state index contributed by atoms with van der Waals surface area (Å²) in [5, 5.41) is 6.59. The summed E-state index contributed by atoms with van der Waals surface area (Å²) in [5.41, 5.74) is 2.49. The van der Waals surface area contributed by atoms with Crippen LogP contribution in [0.2, 0.25) is 5.02 Å². The van der Waals surface area contributed by atoms with E-state index in [1.54, 1.807) is 0 Å². The van der Waals surface area contributed by atoms with Crippen LogP contribution in [0.3, 0.4) is 0 Å². The third-order valence-corrected chi connectivity index (χ3v) is 3.65. The van der Waals surface area contributed by atoms with Gasteiger partial charge in [-0.05, 0) is 43.2 Å². The number of ether oxygens (including phenoxy) is 1. The van der Waals surface area contributed by atoms with Crippen LogP contribution >= 0.6 is 11.6 Å².